The first kappa shape index (κ1) is 15.8. The van der Waals surface area contributed by atoms with Crippen molar-refractivity contribution in [2.24, 2.45) is 5.41 Å². The Labute approximate surface area is 119 Å². The Morgan fingerprint density at radius 3 is 2.32 bits per heavy atom. The lowest BCUT2D eigenvalue weighted by Gasteiger charge is -2.22. The predicted molar refractivity (Wildman–Crippen MR) is 72.3 cm³/mol. The van der Waals surface area contributed by atoms with E-state index in [2.05, 4.69) is 15.9 Å². The molecular formula is C13H16BrFO4. The number of carbonyl (C=O) groups is 1. The standard InChI is InChI=1S/C13H16BrFO4/c1-13(2,12(16)17)6-7-8(14)5-9(15)11(19-4)10(7)18-3/h5H,6H2,1-4H3,(H,16,17). The number of carboxylic acid groups (broad SMARTS) is 1. The summed E-state index contributed by atoms with van der Waals surface area (Å²) in [7, 11) is 2.72. The number of methoxy groups -OCH3 is 2. The van der Waals surface area contributed by atoms with Crippen molar-refractivity contribution >= 4 is 21.9 Å². The molecule has 0 unspecified atom stereocenters. The van der Waals surface area contributed by atoms with Crippen LogP contribution in [-0.4, -0.2) is 25.3 Å². The fourth-order valence-electron chi connectivity index (χ4n) is 1.71. The van der Waals surface area contributed by atoms with Crippen molar-refractivity contribution in [1.29, 1.82) is 0 Å². The van der Waals surface area contributed by atoms with E-state index in [1.54, 1.807) is 13.8 Å². The van der Waals surface area contributed by atoms with Gasteiger partial charge in [0.05, 0.1) is 19.6 Å². The highest BCUT2D eigenvalue weighted by Gasteiger charge is 2.31. The second kappa shape index (κ2) is 5.77. The Balaban J connectivity index is 3.38. The van der Waals surface area contributed by atoms with Gasteiger partial charge in [0.25, 0.3) is 0 Å². The lowest BCUT2D eigenvalue weighted by Crippen LogP contribution is -2.26. The van der Waals surface area contributed by atoms with Crippen molar-refractivity contribution in [1.82, 2.24) is 0 Å². The van der Waals surface area contributed by atoms with Gasteiger partial charge >= 0.3 is 5.97 Å². The van der Waals surface area contributed by atoms with Gasteiger partial charge in [-0.2, -0.15) is 0 Å². The Morgan fingerprint density at radius 2 is 1.89 bits per heavy atom. The van der Waals surface area contributed by atoms with E-state index in [9.17, 15) is 14.3 Å². The van der Waals surface area contributed by atoms with Crippen LogP contribution in [0.25, 0.3) is 0 Å². The number of hydrogen-bond acceptors (Lipinski definition) is 3. The zero-order valence-electron chi connectivity index (χ0n) is 11.2. The van der Waals surface area contributed by atoms with Crippen LogP contribution >= 0.6 is 15.9 Å². The third-order valence-electron chi connectivity index (χ3n) is 2.84. The molecule has 0 fully saturated rings. The van der Waals surface area contributed by atoms with Crippen LogP contribution in [-0.2, 0) is 11.2 Å². The Kier molecular flexibility index (Phi) is 4.79. The molecule has 0 aliphatic rings. The van der Waals surface area contributed by atoms with Gasteiger partial charge in [-0.15, -0.1) is 0 Å². The van der Waals surface area contributed by atoms with Crippen molar-refractivity contribution in [2.75, 3.05) is 14.2 Å². The van der Waals surface area contributed by atoms with Crippen molar-refractivity contribution in [3.05, 3.63) is 21.9 Å². The molecule has 0 saturated carbocycles. The maximum atomic E-state index is 13.7. The van der Waals surface area contributed by atoms with Gasteiger partial charge in [0.15, 0.2) is 17.3 Å². The second-order valence-electron chi connectivity index (χ2n) is 4.75. The van der Waals surface area contributed by atoms with Crippen LogP contribution in [0.4, 0.5) is 4.39 Å². The summed E-state index contributed by atoms with van der Waals surface area (Å²) in [5.74, 6) is -1.32. The molecule has 0 saturated heterocycles. The molecule has 0 radical (unpaired) electrons. The first-order valence-corrected chi connectivity index (χ1v) is 6.36. The molecule has 1 aromatic carbocycles. The lowest BCUT2D eigenvalue weighted by molar-refractivity contribution is -0.146. The molecule has 0 atom stereocenters. The smallest absolute Gasteiger partial charge is 0.309 e. The van der Waals surface area contributed by atoms with E-state index in [0.717, 1.165) is 0 Å². The molecule has 19 heavy (non-hydrogen) atoms. The fraction of sp³-hybridized carbons (Fsp3) is 0.462. The Morgan fingerprint density at radius 1 is 1.37 bits per heavy atom. The highest BCUT2D eigenvalue weighted by atomic mass is 79.9. The van der Waals surface area contributed by atoms with Gasteiger partial charge in [-0.05, 0) is 26.3 Å². The van der Waals surface area contributed by atoms with Crippen molar-refractivity contribution in [3.8, 4) is 11.5 Å². The predicted octanol–water partition coefficient (Wildman–Crippen LogP) is 3.26. The fourth-order valence-corrected chi connectivity index (χ4v) is 2.23. The van der Waals surface area contributed by atoms with Crippen LogP contribution < -0.4 is 9.47 Å². The average molecular weight is 335 g/mol. The summed E-state index contributed by atoms with van der Waals surface area (Å²) in [5.41, 5.74) is -0.438. The van der Waals surface area contributed by atoms with Crippen LogP contribution in [0.15, 0.2) is 10.5 Å². The number of rotatable bonds is 5. The van der Waals surface area contributed by atoms with Gasteiger partial charge in [-0.25, -0.2) is 4.39 Å². The number of halogens is 2. The van der Waals surface area contributed by atoms with Gasteiger partial charge in [0.1, 0.15) is 0 Å². The highest BCUT2D eigenvalue weighted by molar-refractivity contribution is 9.10. The van der Waals surface area contributed by atoms with Crippen molar-refractivity contribution in [3.63, 3.8) is 0 Å². The van der Waals surface area contributed by atoms with Gasteiger partial charge in [0.2, 0.25) is 0 Å². The molecule has 0 amide bonds. The van der Waals surface area contributed by atoms with Crippen molar-refractivity contribution in [2.45, 2.75) is 20.3 Å². The summed E-state index contributed by atoms with van der Waals surface area (Å²) in [4.78, 5) is 11.2. The van der Waals surface area contributed by atoms with Gasteiger partial charge < -0.3 is 14.6 Å². The van der Waals surface area contributed by atoms with E-state index in [1.807, 2.05) is 0 Å². The summed E-state index contributed by atoms with van der Waals surface area (Å²) < 4.78 is 24.3. The minimum atomic E-state index is -1.00. The molecule has 0 heterocycles. The molecule has 0 aliphatic carbocycles. The molecule has 0 aromatic heterocycles. The molecule has 1 aromatic rings. The lowest BCUT2D eigenvalue weighted by atomic mass is 9.85. The topological polar surface area (TPSA) is 55.8 Å². The molecule has 106 valence electrons. The Bertz CT molecular complexity index is 500. The first-order chi connectivity index (χ1) is 8.74. The maximum Gasteiger partial charge on any atom is 0.309 e. The van der Waals surface area contributed by atoms with E-state index in [4.69, 9.17) is 9.47 Å². The van der Waals surface area contributed by atoms with E-state index >= 15 is 0 Å². The quantitative estimate of drug-likeness (QED) is 0.897. The molecule has 1 N–H and O–H groups in total. The highest BCUT2D eigenvalue weighted by Crippen LogP contribution is 2.41. The third kappa shape index (κ3) is 3.18. The zero-order valence-corrected chi connectivity index (χ0v) is 12.8. The molecule has 0 spiro atoms. The molecule has 1 rings (SSSR count). The van der Waals surface area contributed by atoms with Gasteiger partial charge in [-0.1, -0.05) is 15.9 Å². The molecule has 0 aliphatic heterocycles. The zero-order chi connectivity index (χ0) is 14.8. The average Bonchev–Trinajstić information content (AvgIpc) is 2.31. The maximum absolute atomic E-state index is 13.7. The largest absolute Gasteiger partial charge is 0.492 e. The summed E-state index contributed by atoms with van der Waals surface area (Å²) in [6.07, 6.45) is 0.183. The number of aliphatic carboxylic acids is 1. The summed E-state index contributed by atoms with van der Waals surface area (Å²) in [5, 5.41) is 9.18. The van der Waals surface area contributed by atoms with E-state index in [0.29, 0.717) is 10.0 Å². The van der Waals surface area contributed by atoms with Crippen LogP contribution in [0.5, 0.6) is 11.5 Å². The Hall–Kier alpha value is -1.30. The number of benzene rings is 1. The van der Waals surface area contributed by atoms with E-state index in [-0.39, 0.29) is 17.9 Å². The van der Waals surface area contributed by atoms with Crippen molar-refractivity contribution < 1.29 is 23.8 Å². The minimum Gasteiger partial charge on any atom is -0.492 e. The van der Waals surface area contributed by atoms with E-state index in [1.165, 1.54) is 20.3 Å². The van der Waals surface area contributed by atoms with Gasteiger partial charge in [-0.3, -0.25) is 4.79 Å². The van der Waals surface area contributed by atoms with Crippen LogP contribution in [0.2, 0.25) is 0 Å². The van der Waals surface area contributed by atoms with Crippen LogP contribution in [0.3, 0.4) is 0 Å². The SMILES string of the molecule is COc1c(F)cc(Br)c(CC(C)(C)C(=O)O)c1OC. The van der Waals surface area contributed by atoms with Crippen LogP contribution in [0.1, 0.15) is 19.4 Å². The number of hydrogen-bond donors (Lipinski definition) is 1. The molecular weight excluding hydrogens is 319 g/mol. The molecule has 0 bridgehead atoms. The van der Waals surface area contributed by atoms with Crippen LogP contribution in [0, 0.1) is 11.2 Å². The molecule has 6 heteroatoms. The first-order valence-electron chi connectivity index (χ1n) is 5.56. The summed E-state index contributed by atoms with van der Waals surface area (Å²) in [6, 6.07) is 1.24. The summed E-state index contributed by atoms with van der Waals surface area (Å²) >= 11 is 3.24. The number of carboxylic acids is 1. The normalized spacial score (nSPS) is 11.3. The molecule has 4 nitrogen and oxygen atoms in total. The monoisotopic (exact) mass is 334 g/mol. The van der Waals surface area contributed by atoms with E-state index < -0.39 is 17.2 Å². The van der Waals surface area contributed by atoms with Gasteiger partial charge in [0, 0.05) is 10.0 Å². The second-order valence-corrected chi connectivity index (χ2v) is 5.61. The third-order valence-corrected chi connectivity index (χ3v) is 3.55. The minimum absolute atomic E-state index is 0.0260. The summed E-state index contributed by atoms with van der Waals surface area (Å²) in [6.45, 7) is 3.19. The number of ether oxygens (including phenoxy) is 2.